The van der Waals surface area contributed by atoms with Gasteiger partial charge in [0.25, 0.3) is 5.91 Å². The first kappa shape index (κ1) is 17.3. The van der Waals surface area contributed by atoms with Crippen LogP contribution in [0.15, 0.2) is 42.5 Å². The molecule has 3 rings (SSSR count). The molecule has 1 aliphatic rings. The maximum atomic E-state index is 12.7. The van der Waals surface area contributed by atoms with Gasteiger partial charge in [0.2, 0.25) is 0 Å². The Labute approximate surface area is 149 Å². The zero-order valence-electron chi connectivity index (χ0n) is 15.0. The van der Waals surface area contributed by atoms with Crippen molar-refractivity contribution in [2.24, 2.45) is 5.92 Å². The first-order valence-electron chi connectivity index (χ1n) is 8.85. The number of nitrogens with two attached hydrogens (primary N) is 1. The van der Waals surface area contributed by atoms with E-state index in [9.17, 15) is 4.79 Å². The SMILES string of the molecule is COc1ccc(CC2CCN(C(=O)c3ccc(C)c(N)c3)CC2)cc1. The highest BCUT2D eigenvalue weighted by molar-refractivity contribution is 5.95. The molecule has 1 aliphatic heterocycles. The van der Waals surface area contributed by atoms with Crippen molar-refractivity contribution in [2.75, 3.05) is 25.9 Å². The summed E-state index contributed by atoms with van der Waals surface area (Å²) in [6.07, 6.45) is 3.14. The summed E-state index contributed by atoms with van der Waals surface area (Å²) >= 11 is 0. The van der Waals surface area contributed by atoms with E-state index in [4.69, 9.17) is 10.5 Å². The Kier molecular flexibility index (Phi) is 5.27. The third-order valence-corrected chi connectivity index (χ3v) is 5.11. The zero-order valence-corrected chi connectivity index (χ0v) is 15.0. The van der Waals surface area contributed by atoms with E-state index >= 15 is 0 Å². The van der Waals surface area contributed by atoms with Crippen LogP contribution in [0.1, 0.15) is 34.3 Å². The molecule has 4 nitrogen and oxygen atoms in total. The van der Waals surface area contributed by atoms with Crippen LogP contribution in [0, 0.1) is 12.8 Å². The Hall–Kier alpha value is -2.49. The van der Waals surface area contributed by atoms with E-state index in [1.807, 2.05) is 36.1 Å². The second-order valence-corrected chi connectivity index (χ2v) is 6.86. The third kappa shape index (κ3) is 4.13. The van der Waals surface area contributed by atoms with Crippen molar-refractivity contribution >= 4 is 11.6 Å². The molecule has 0 unspecified atom stereocenters. The molecule has 0 aliphatic carbocycles. The number of methoxy groups -OCH3 is 1. The van der Waals surface area contributed by atoms with Gasteiger partial charge in [0, 0.05) is 24.3 Å². The number of amides is 1. The molecule has 1 saturated heterocycles. The number of carbonyl (C=O) groups is 1. The predicted octanol–water partition coefficient (Wildman–Crippen LogP) is 3.68. The van der Waals surface area contributed by atoms with Gasteiger partial charge in [-0.25, -0.2) is 0 Å². The number of aryl methyl sites for hydroxylation is 1. The number of nitrogen functional groups attached to an aromatic ring is 1. The number of piperidine rings is 1. The molecule has 2 N–H and O–H groups in total. The summed E-state index contributed by atoms with van der Waals surface area (Å²) in [7, 11) is 1.68. The summed E-state index contributed by atoms with van der Waals surface area (Å²) in [5, 5.41) is 0. The maximum Gasteiger partial charge on any atom is 0.253 e. The summed E-state index contributed by atoms with van der Waals surface area (Å²) in [6.45, 7) is 3.58. The third-order valence-electron chi connectivity index (χ3n) is 5.11. The average molecular weight is 338 g/mol. The number of ether oxygens (including phenoxy) is 1. The number of likely N-dealkylation sites (tertiary alicyclic amines) is 1. The highest BCUT2D eigenvalue weighted by atomic mass is 16.5. The first-order valence-corrected chi connectivity index (χ1v) is 8.85. The molecule has 0 atom stereocenters. The van der Waals surface area contributed by atoms with Crippen molar-refractivity contribution in [3.05, 3.63) is 59.2 Å². The number of anilines is 1. The smallest absolute Gasteiger partial charge is 0.253 e. The molecule has 1 fully saturated rings. The Morgan fingerprint density at radius 2 is 1.84 bits per heavy atom. The summed E-state index contributed by atoms with van der Waals surface area (Å²) < 4.78 is 5.20. The van der Waals surface area contributed by atoms with Gasteiger partial charge < -0.3 is 15.4 Å². The van der Waals surface area contributed by atoms with Crippen LogP contribution in [0.2, 0.25) is 0 Å². The van der Waals surface area contributed by atoms with Crippen molar-refractivity contribution < 1.29 is 9.53 Å². The lowest BCUT2D eigenvalue weighted by Gasteiger charge is -2.32. The maximum absolute atomic E-state index is 12.7. The minimum absolute atomic E-state index is 0.0922. The van der Waals surface area contributed by atoms with Crippen molar-refractivity contribution in [3.63, 3.8) is 0 Å². The topological polar surface area (TPSA) is 55.6 Å². The molecule has 4 heteroatoms. The molecule has 0 radical (unpaired) electrons. The number of hydrogen-bond donors (Lipinski definition) is 1. The highest BCUT2D eigenvalue weighted by Gasteiger charge is 2.24. The summed E-state index contributed by atoms with van der Waals surface area (Å²) in [5.74, 6) is 1.61. The summed E-state index contributed by atoms with van der Waals surface area (Å²) in [4.78, 5) is 14.6. The second-order valence-electron chi connectivity index (χ2n) is 6.86. The van der Waals surface area contributed by atoms with Gasteiger partial charge in [0.15, 0.2) is 0 Å². The van der Waals surface area contributed by atoms with Gasteiger partial charge in [0.1, 0.15) is 5.75 Å². The highest BCUT2D eigenvalue weighted by Crippen LogP contribution is 2.24. The Balaban J connectivity index is 1.55. The largest absolute Gasteiger partial charge is 0.497 e. The lowest BCUT2D eigenvalue weighted by molar-refractivity contribution is 0.0690. The van der Waals surface area contributed by atoms with Crippen molar-refractivity contribution in [2.45, 2.75) is 26.2 Å². The fraction of sp³-hybridized carbons (Fsp3) is 0.381. The standard InChI is InChI=1S/C21H26N2O2/c1-15-3-6-18(14-20(15)22)21(24)23-11-9-17(10-12-23)13-16-4-7-19(25-2)8-5-16/h3-8,14,17H,9-13,22H2,1-2H3. The van der Waals surface area contributed by atoms with Gasteiger partial charge in [-0.3, -0.25) is 4.79 Å². The minimum Gasteiger partial charge on any atom is -0.497 e. The van der Waals surface area contributed by atoms with Gasteiger partial charge in [-0.05, 0) is 67.5 Å². The molecule has 0 aromatic heterocycles. The van der Waals surface area contributed by atoms with E-state index in [1.54, 1.807) is 13.2 Å². The molecular formula is C21H26N2O2. The van der Waals surface area contributed by atoms with Crippen LogP contribution in [-0.4, -0.2) is 31.0 Å². The van der Waals surface area contributed by atoms with Crippen LogP contribution in [0.4, 0.5) is 5.69 Å². The molecule has 1 amide bonds. The summed E-state index contributed by atoms with van der Waals surface area (Å²) in [6, 6.07) is 13.9. The Morgan fingerprint density at radius 3 is 2.44 bits per heavy atom. The van der Waals surface area contributed by atoms with E-state index in [0.29, 0.717) is 17.2 Å². The van der Waals surface area contributed by atoms with Gasteiger partial charge in [-0.15, -0.1) is 0 Å². The van der Waals surface area contributed by atoms with Crippen molar-refractivity contribution in [1.82, 2.24) is 4.90 Å². The van der Waals surface area contributed by atoms with Crippen LogP contribution in [0.3, 0.4) is 0 Å². The fourth-order valence-electron chi connectivity index (χ4n) is 3.39. The monoisotopic (exact) mass is 338 g/mol. The van der Waals surface area contributed by atoms with Crippen LogP contribution < -0.4 is 10.5 Å². The Morgan fingerprint density at radius 1 is 1.16 bits per heavy atom. The van der Waals surface area contributed by atoms with Crippen LogP contribution in [0.25, 0.3) is 0 Å². The number of carbonyl (C=O) groups excluding carboxylic acids is 1. The van der Waals surface area contributed by atoms with Gasteiger partial charge >= 0.3 is 0 Å². The molecule has 2 aromatic carbocycles. The predicted molar refractivity (Wildman–Crippen MR) is 101 cm³/mol. The molecule has 132 valence electrons. The van der Waals surface area contributed by atoms with E-state index < -0.39 is 0 Å². The first-order chi connectivity index (χ1) is 12.1. The second kappa shape index (κ2) is 7.60. The lowest BCUT2D eigenvalue weighted by Crippen LogP contribution is -2.38. The molecule has 0 saturated carbocycles. The number of rotatable bonds is 4. The normalized spacial score (nSPS) is 15.2. The van der Waals surface area contributed by atoms with E-state index in [0.717, 1.165) is 43.7 Å². The van der Waals surface area contributed by atoms with Gasteiger partial charge in [-0.2, -0.15) is 0 Å². The zero-order chi connectivity index (χ0) is 17.8. The van der Waals surface area contributed by atoms with Crippen molar-refractivity contribution in [1.29, 1.82) is 0 Å². The molecular weight excluding hydrogens is 312 g/mol. The quantitative estimate of drug-likeness (QED) is 0.865. The van der Waals surface area contributed by atoms with Crippen LogP contribution in [0.5, 0.6) is 5.75 Å². The lowest BCUT2D eigenvalue weighted by atomic mass is 9.90. The van der Waals surface area contributed by atoms with Crippen molar-refractivity contribution in [3.8, 4) is 5.75 Å². The van der Waals surface area contributed by atoms with Crippen LogP contribution in [-0.2, 0) is 6.42 Å². The molecule has 1 heterocycles. The molecule has 25 heavy (non-hydrogen) atoms. The van der Waals surface area contributed by atoms with Gasteiger partial charge in [-0.1, -0.05) is 18.2 Å². The Bertz CT molecular complexity index is 732. The molecule has 2 aromatic rings. The average Bonchev–Trinajstić information content (AvgIpc) is 2.65. The van der Waals surface area contributed by atoms with E-state index in [-0.39, 0.29) is 5.91 Å². The van der Waals surface area contributed by atoms with Crippen LogP contribution >= 0.6 is 0 Å². The minimum atomic E-state index is 0.0922. The van der Waals surface area contributed by atoms with E-state index in [1.165, 1.54) is 5.56 Å². The van der Waals surface area contributed by atoms with E-state index in [2.05, 4.69) is 12.1 Å². The summed E-state index contributed by atoms with van der Waals surface area (Å²) in [5.41, 5.74) is 9.65. The number of hydrogen-bond acceptors (Lipinski definition) is 3. The fourth-order valence-corrected chi connectivity index (χ4v) is 3.39. The number of benzene rings is 2. The molecule has 0 bridgehead atoms. The number of nitrogens with zero attached hydrogens (tertiary/aromatic N) is 1. The van der Waals surface area contributed by atoms with Gasteiger partial charge in [0.05, 0.1) is 7.11 Å². The molecule has 0 spiro atoms.